The number of aliphatic hydroxyl groups excluding tert-OH is 2. The molecule has 13 nitrogen and oxygen atoms in total. The summed E-state index contributed by atoms with van der Waals surface area (Å²) in [5, 5.41) is 27.3. The molecule has 1 fully saturated rings. The Morgan fingerprint density at radius 3 is 2.32 bits per heavy atom. The zero-order valence-corrected chi connectivity index (χ0v) is 39.4. The average Bonchev–Trinajstić information content (AvgIpc) is 3.31. The van der Waals surface area contributed by atoms with Crippen LogP contribution in [-0.2, 0) is 25.7 Å². The van der Waals surface area contributed by atoms with E-state index in [9.17, 15) is 19.8 Å². The summed E-state index contributed by atoms with van der Waals surface area (Å²) in [5.74, 6) is -1.16. The third-order valence-electron chi connectivity index (χ3n) is 13.2. The van der Waals surface area contributed by atoms with E-state index < -0.39 is 29.9 Å². The number of nitrogens with one attached hydrogen (secondary N) is 1. The van der Waals surface area contributed by atoms with Crippen LogP contribution in [0.25, 0.3) is 0 Å². The summed E-state index contributed by atoms with van der Waals surface area (Å²) in [6.07, 6.45) is 19.7. The quantitative estimate of drug-likeness (QED) is 0.0392. The maximum atomic E-state index is 14.0. The molecular weight excluding hydrogens is 827 g/mol. The van der Waals surface area contributed by atoms with Crippen molar-refractivity contribution in [1.82, 2.24) is 10.2 Å². The van der Waals surface area contributed by atoms with Gasteiger partial charge in [0.1, 0.15) is 31.3 Å². The molecule has 0 radical (unpaired) electrons. The Morgan fingerprint density at radius 2 is 1.63 bits per heavy atom. The summed E-state index contributed by atoms with van der Waals surface area (Å²) in [6.45, 7) is 7.71. The van der Waals surface area contributed by atoms with E-state index in [4.69, 9.17) is 28.5 Å². The first-order valence-corrected chi connectivity index (χ1v) is 24.4. The van der Waals surface area contributed by atoms with E-state index in [1.807, 2.05) is 42.5 Å². The van der Waals surface area contributed by atoms with E-state index in [1.165, 1.54) is 57.0 Å². The van der Waals surface area contributed by atoms with E-state index in [-0.39, 0.29) is 57.2 Å². The van der Waals surface area contributed by atoms with Crippen LogP contribution in [-0.4, -0.2) is 98.6 Å². The smallest absolute Gasteiger partial charge is 0.412 e. The number of likely N-dealkylation sites (N-methyl/N-ethyl adjacent to an activating group) is 1. The summed E-state index contributed by atoms with van der Waals surface area (Å²) in [5.41, 5.74) is 3.46. The Morgan fingerprint density at radius 1 is 0.923 bits per heavy atom. The number of nitrogens with zero attached hydrogens (tertiary/aromatic N) is 2. The maximum Gasteiger partial charge on any atom is 0.412 e. The first kappa shape index (κ1) is 51.6. The van der Waals surface area contributed by atoms with Crippen LogP contribution in [0.5, 0.6) is 11.5 Å². The van der Waals surface area contributed by atoms with Gasteiger partial charge < -0.3 is 49.0 Å². The monoisotopic (exact) mass is 904 g/mol. The number of amides is 2. The number of hydrogen-bond donors (Lipinski definition) is 3. The van der Waals surface area contributed by atoms with Gasteiger partial charge in [-0.25, -0.2) is 9.59 Å². The molecule has 0 spiro atoms. The largest absolute Gasteiger partial charge is 0.459 e. The number of allylic oxidation sites excluding steroid dienone is 1. The lowest BCUT2D eigenvalue weighted by molar-refractivity contribution is -0.253. The van der Waals surface area contributed by atoms with Crippen LogP contribution in [0.2, 0.25) is 0 Å². The first-order chi connectivity index (χ1) is 31.8. The number of benzene rings is 2. The van der Waals surface area contributed by atoms with Crippen molar-refractivity contribution in [2.24, 2.45) is 22.9 Å². The van der Waals surface area contributed by atoms with Gasteiger partial charge in [0.2, 0.25) is 5.79 Å². The molecule has 2 aromatic rings. The number of aliphatic hydroxyl groups is 2. The van der Waals surface area contributed by atoms with E-state index in [1.54, 1.807) is 19.2 Å². The Balaban J connectivity index is 1.43. The number of ether oxygens (including phenoxy) is 5. The fourth-order valence-corrected chi connectivity index (χ4v) is 10.0. The molecule has 6 unspecified atom stereocenters. The number of oxime groups is 1. The Hall–Kier alpha value is -4.43. The van der Waals surface area contributed by atoms with Crippen molar-refractivity contribution in [1.29, 1.82) is 0 Å². The maximum absolute atomic E-state index is 14.0. The molecular formula is C52H77N3O10. The molecule has 360 valence electrons. The van der Waals surface area contributed by atoms with Gasteiger partial charge in [-0.1, -0.05) is 125 Å². The van der Waals surface area contributed by atoms with E-state index in [2.05, 4.69) is 30.1 Å². The lowest BCUT2D eigenvalue weighted by Gasteiger charge is -2.59. The van der Waals surface area contributed by atoms with Gasteiger partial charge in [0.25, 0.3) is 0 Å². The van der Waals surface area contributed by atoms with Gasteiger partial charge in [0.05, 0.1) is 31.5 Å². The van der Waals surface area contributed by atoms with Gasteiger partial charge in [0.15, 0.2) is 0 Å². The first-order valence-electron chi connectivity index (χ1n) is 24.4. The fraction of sp³-hybridized carbons (Fsp3) is 0.635. The third kappa shape index (κ3) is 14.5. The van der Waals surface area contributed by atoms with Gasteiger partial charge in [-0.3, -0.25) is 0 Å². The van der Waals surface area contributed by atoms with Gasteiger partial charge in [0, 0.05) is 44.7 Å². The highest BCUT2D eigenvalue weighted by Crippen LogP contribution is 2.61. The van der Waals surface area contributed by atoms with Gasteiger partial charge in [-0.2, -0.15) is 0 Å². The van der Waals surface area contributed by atoms with Gasteiger partial charge >= 0.3 is 12.2 Å². The molecule has 1 aliphatic heterocycles. The minimum atomic E-state index is -1.43. The zero-order valence-electron chi connectivity index (χ0n) is 39.4. The van der Waals surface area contributed by atoms with Crippen LogP contribution in [0, 0.1) is 17.8 Å². The summed E-state index contributed by atoms with van der Waals surface area (Å²) in [7, 11) is 3.20. The van der Waals surface area contributed by atoms with Crippen LogP contribution in [0.1, 0.15) is 133 Å². The normalized spacial score (nSPS) is 22.5. The number of unbranched alkanes of at least 4 members (excludes halogenated alkanes) is 11. The molecule has 0 saturated heterocycles. The predicted molar refractivity (Wildman–Crippen MR) is 253 cm³/mol. The van der Waals surface area contributed by atoms with Crippen LogP contribution in [0.15, 0.2) is 78.0 Å². The fourth-order valence-electron chi connectivity index (χ4n) is 10.0. The molecule has 2 aromatic carbocycles. The van der Waals surface area contributed by atoms with E-state index >= 15 is 0 Å². The third-order valence-corrected chi connectivity index (χ3v) is 13.2. The number of rotatable bonds is 30. The number of carbonyl (C=O) groups is 2. The summed E-state index contributed by atoms with van der Waals surface area (Å²) in [6, 6.07) is 14.6. The molecule has 3 N–H and O–H groups in total. The second-order valence-corrected chi connectivity index (χ2v) is 17.7. The Kier molecular flexibility index (Phi) is 22.1. The summed E-state index contributed by atoms with van der Waals surface area (Å²) >= 11 is 0. The Bertz CT molecular complexity index is 1810. The summed E-state index contributed by atoms with van der Waals surface area (Å²) < 4.78 is 31.7. The highest BCUT2D eigenvalue weighted by molar-refractivity contribution is 6.02. The van der Waals surface area contributed by atoms with E-state index in [0.29, 0.717) is 43.2 Å². The van der Waals surface area contributed by atoms with Crippen molar-refractivity contribution in [3.05, 3.63) is 84.0 Å². The van der Waals surface area contributed by atoms with E-state index in [0.717, 1.165) is 61.6 Å². The molecule has 2 aliphatic carbocycles. The molecule has 65 heavy (non-hydrogen) atoms. The van der Waals surface area contributed by atoms with Crippen molar-refractivity contribution in [3.8, 4) is 11.5 Å². The lowest BCUT2D eigenvalue weighted by atomic mass is 9.55. The van der Waals surface area contributed by atoms with Crippen LogP contribution < -0.4 is 14.8 Å². The average molecular weight is 904 g/mol. The summed E-state index contributed by atoms with van der Waals surface area (Å²) in [4.78, 5) is 34.3. The standard InChI is InChI=1S/C52H77N3O10/c1-5-7-8-9-10-11-12-13-14-20-29-53-50(58)64-41-27-28-46-44(36-41)48-42(26-19-22-31-57)40(25-18-21-30-56)35-43-45(54-60-4)37-47(52(65-46,49(43)48)63-32-6-2)55(3)51(59)62-34-33-61-38-39-23-16-15-17-24-39/h6,15-17,23-24,27-28,35-36,40,42,47-49,56-57H,2,5,7-14,18-22,25-26,29-34,37-38H2,1,3-4H3,(H,53,58). The molecule has 1 saturated carbocycles. The Labute approximate surface area is 387 Å². The molecule has 5 rings (SSSR count). The number of carbonyl (C=O) groups excluding carboxylic acids is 2. The minimum absolute atomic E-state index is 0.0188. The van der Waals surface area contributed by atoms with Crippen molar-refractivity contribution in [2.45, 2.75) is 140 Å². The van der Waals surface area contributed by atoms with Crippen molar-refractivity contribution in [3.63, 3.8) is 0 Å². The topological polar surface area (TPSA) is 158 Å². The van der Waals surface area contributed by atoms with Crippen LogP contribution >= 0.6 is 0 Å². The predicted octanol–water partition coefficient (Wildman–Crippen LogP) is 10.2. The van der Waals surface area contributed by atoms with Crippen LogP contribution in [0.3, 0.4) is 0 Å². The SMILES string of the molecule is C=CCOC12Oc3ccc(OC(=O)NCCCCCCCCCCCC)cc3C3C(CCCCO)C(CCCCO)C=C(C(=NOC)CC1N(C)C(=O)OCCOCc1ccccc1)C32. The molecule has 0 bridgehead atoms. The number of fused-ring (bicyclic) bond motifs is 2. The number of hydrogen-bond acceptors (Lipinski definition) is 11. The highest BCUT2D eigenvalue weighted by atomic mass is 16.7. The van der Waals surface area contributed by atoms with Gasteiger partial charge in [-0.15, -0.1) is 6.58 Å². The molecule has 13 heteroatoms. The molecule has 0 aromatic heterocycles. The molecule has 1 heterocycles. The second-order valence-electron chi connectivity index (χ2n) is 17.7. The highest BCUT2D eigenvalue weighted by Gasteiger charge is 2.65. The molecule has 2 amide bonds. The van der Waals surface area contributed by atoms with Crippen LogP contribution in [0.4, 0.5) is 9.59 Å². The van der Waals surface area contributed by atoms with Crippen molar-refractivity contribution in [2.75, 3.05) is 53.7 Å². The van der Waals surface area contributed by atoms with Crippen molar-refractivity contribution >= 4 is 17.9 Å². The van der Waals surface area contributed by atoms with Gasteiger partial charge in [-0.05, 0) is 73.3 Å². The second kappa shape index (κ2) is 27.9. The molecule has 6 atom stereocenters. The van der Waals surface area contributed by atoms with Crippen molar-refractivity contribution < 1.29 is 48.3 Å². The zero-order chi connectivity index (χ0) is 46.3. The molecule has 3 aliphatic rings. The minimum Gasteiger partial charge on any atom is -0.459 e. The lowest BCUT2D eigenvalue weighted by Crippen LogP contribution is -2.69.